The van der Waals surface area contributed by atoms with E-state index in [1.54, 1.807) is 12.1 Å². The van der Waals surface area contributed by atoms with Gasteiger partial charge < -0.3 is 4.90 Å². The van der Waals surface area contributed by atoms with Crippen molar-refractivity contribution in [2.24, 2.45) is 5.18 Å². The van der Waals surface area contributed by atoms with Crippen LogP contribution in [0.1, 0.15) is 62.3 Å². The first-order valence-electron chi connectivity index (χ1n) is 8.04. The molecular weight excluding hydrogens is 321 g/mol. The van der Waals surface area contributed by atoms with E-state index in [0.29, 0.717) is 5.56 Å². The van der Waals surface area contributed by atoms with Gasteiger partial charge in [-0.05, 0) is 43.5 Å². The first-order valence-corrected chi connectivity index (χ1v) is 8.04. The van der Waals surface area contributed by atoms with Crippen LogP contribution in [0.4, 0.5) is 13.2 Å². The number of hydrogen-bond donors (Lipinski definition) is 0. The van der Waals surface area contributed by atoms with Crippen LogP contribution in [0.5, 0.6) is 0 Å². The molecule has 1 heterocycles. The highest BCUT2D eigenvalue weighted by Gasteiger charge is 2.24. The molecule has 24 heavy (non-hydrogen) atoms. The second-order valence-corrected chi connectivity index (χ2v) is 5.01. The fourth-order valence-corrected chi connectivity index (χ4v) is 2.41. The number of nitrogens with zero attached hydrogens (tertiary/aromatic N) is 2. The molecule has 0 N–H and O–H groups in total. The van der Waals surface area contributed by atoms with E-state index in [9.17, 15) is 22.9 Å². The van der Waals surface area contributed by atoms with Crippen LogP contribution >= 0.6 is 0 Å². The lowest BCUT2D eigenvalue weighted by atomic mass is 10.0. The number of piperidine rings is 1. The summed E-state index contributed by atoms with van der Waals surface area (Å²) in [5, 5.41) is 2.32. The van der Waals surface area contributed by atoms with Crippen LogP contribution in [-0.4, -0.2) is 30.3 Å². The summed E-state index contributed by atoms with van der Waals surface area (Å²) in [6, 6.07) is 6.22. The summed E-state index contributed by atoms with van der Waals surface area (Å²) in [6.07, 6.45) is 1.33. The minimum atomic E-state index is -1.86. The first kappa shape index (κ1) is 22.1. The van der Waals surface area contributed by atoms with Crippen molar-refractivity contribution in [1.82, 2.24) is 4.90 Å². The number of hydrogen-bond acceptors (Lipinski definition) is 3. The lowest BCUT2D eigenvalue weighted by Gasteiger charge is -2.33. The largest absolute Gasteiger partial charge is 0.336 e. The normalized spacial score (nSPS) is 17.6. The number of rotatable bonds is 3. The number of benzene rings is 1. The molecule has 0 aliphatic carbocycles. The fourth-order valence-electron chi connectivity index (χ4n) is 2.41. The molecule has 1 saturated heterocycles. The summed E-state index contributed by atoms with van der Waals surface area (Å²) >= 11 is 0. The van der Waals surface area contributed by atoms with Crippen molar-refractivity contribution >= 4 is 5.91 Å². The average molecular weight is 346 g/mol. The first-order chi connectivity index (χ1) is 11.5. The Morgan fingerprint density at radius 3 is 2.25 bits per heavy atom. The van der Waals surface area contributed by atoms with Gasteiger partial charge in [0, 0.05) is 23.7 Å². The Labute approximate surface area is 141 Å². The van der Waals surface area contributed by atoms with Gasteiger partial charge in [0.1, 0.15) is 0 Å². The van der Waals surface area contributed by atoms with E-state index < -0.39 is 13.2 Å². The van der Waals surface area contributed by atoms with E-state index in [1.807, 2.05) is 25.7 Å². The molecule has 2 atom stereocenters. The maximum absolute atomic E-state index is 13.0. The molecule has 0 spiro atoms. The molecule has 7 heteroatoms. The number of halogens is 3. The molecule has 0 bridgehead atoms. The summed E-state index contributed by atoms with van der Waals surface area (Å²) in [4.78, 5) is 24.3. The molecule has 1 aliphatic rings. The lowest BCUT2D eigenvalue weighted by Crippen LogP contribution is -2.42. The summed E-state index contributed by atoms with van der Waals surface area (Å²) in [7, 11) is 0. The van der Waals surface area contributed by atoms with Gasteiger partial charge in [-0.2, -0.15) is 0 Å². The smallest absolute Gasteiger partial charge is 0.255 e. The van der Waals surface area contributed by atoms with Crippen LogP contribution in [-0.2, 0) is 0 Å². The lowest BCUT2D eigenvalue weighted by molar-refractivity contribution is 0.0635. The molecule has 2 rings (SSSR count). The van der Waals surface area contributed by atoms with Gasteiger partial charge >= 0.3 is 0 Å². The van der Waals surface area contributed by atoms with E-state index in [0.717, 1.165) is 25.8 Å². The second kappa shape index (κ2) is 12.5. The van der Waals surface area contributed by atoms with E-state index in [4.69, 9.17) is 0 Å². The van der Waals surface area contributed by atoms with Gasteiger partial charge in [0.25, 0.3) is 12.2 Å². The third-order valence-corrected chi connectivity index (χ3v) is 3.59. The molecule has 1 fully saturated rings. The van der Waals surface area contributed by atoms with Gasteiger partial charge in [-0.15, -0.1) is 4.91 Å². The summed E-state index contributed by atoms with van der Waals surface area (Å²) in [5.41, 5.74) is 0.703. The summed E-state index contributed by atoms with van der Waals surface area (Å²) in [6.45, 7) is 5.06. The van der Waals surface area contributed by atoms with Crippen molar-refractivity contribution in [3.05, 3.63) is 40.3 Å². The van der Waals surface area contributed by atoms with Crippen LogP contribution in [0.3, 0.4) is 0 Å². The zero-order chi connectivity index (χ0) is 18.5. The Hall–Kier alpha value is -1.92. The van der Waals surface area contributed by atoms with Gasteiger partial charge in [-0.25, -0.2) is 13.2 Å². The molecule has 0 saturated carbocycles. The molecular formula is C17H25F3N2O2. The Morgan fingerprint density at radius 1 is 1.25 bits per heavy atom. The van der Waals surface area contributed by atoms with Crippen LogP contribution in [0.25, 0.3) is 0 Å². The van der Waals surface area contributed by atoms with Crippen LogP contribution in [0.2, 0.25) is 0 Å². The minimum absolute atomic E-state index is 0.0341. The molecule has 4 nitrogen and oxygen atoms in total. The molecule has 2 unspecified atom stereocenters. The van der Waals surface area contributed by atoms with E-state index in [2.05, 4.69) is 5.18 Å². The monoisotopic (exact) mass is 346 g/mol. The Morgan fingerprint density at radius 2 is 1.79 bits per heavy atom. The fraction of sp³-hybridized carbons (Fsp3) is 0.588. The van der Waals surface area contributed by atoms with E-state index >= 15 is 0 Å². The van der Waals surface area contributed by atoms with Crippen molar-refractivity contribution in [2.45, 2.75) is 52.4 Å². The minimum Gasteiger partial charge on any atom is -0.336 e. The maximum Gasteiger partial charge on any atom is 0.255 e. The van der Waals surface area contributed by atoms with Gasteiger partial charge in [0.2, 0.25) is 6.93 Å². The van der Waals surface area contributed by atoms with Gasteiger partial charge in [0.15, 0.2) is 0 Å². The number of carbonyl (C=O) groups is 1. The summed E-state index contributed by atoms with van der Waals surface area (Å²) in [5.74, 6) is -0.0341. The number of amides is 1. The van der Waals surface area contributed by atoms with E-state index in [1.165, 1.54) is 12.1 Å². The van der Waals surface area contributed by atoms with Gasteiger partial charge in [0.05, 0.1) is 0 Å². The molecule has 1 aromatic rings. The number of likely N-dealkylation sites (tertiary alicyclic amines) is 1. The topological polar surface area (TPSA) is 49.7 Å². The van der Waals surface area contributed by atoms with Crippen molar-refractivity contribution < 1.29 is 18.0 Å². The average Bonchev–Trinajstić information content (AvgIpc) is 2.63. The number of nitroso groups, excluding NO2 is 1. The molecule has 136 valence electrons. The zero-order valence-electron chi connectivity index (χ0n) is 14.3. The van der Waals surface area contributed by atoms with Crippen LogP contribution in [0.15, 0.2) is 29.4 Å². The van der Waals surface area contributed by atoms with Crippen molar-refractivity contribution in [3.8, 4) is 0 Å². The highest BCUT2D eigenvalue weighted by atomic mass is 19.3. The summed E-state index contributed by atoms with van der Waals surface area (Å²) < 4.78 is 32.3. The SMILES string of the molecule is CC.CC1CCCCN1C(=O)c1ccc(C(F)N=O)cc1.FCF. The second-order valence-electron chi connectivity index (χ2n) is 5.01. The van der Waals surface area contributed by atoms with Crippen molar-refractivity contribution in [2.75, 3.05) is 13.5 Å². The highest BCUT2D eigenvalue weighted by molar-refractivity contribution is 5.94. The van der Waals surface area contributed by atoms with Crippen LogP contribution < -0.4 is 0 Å². The third kappa shape index (κ3) is 6.68. The van der Waals surface area contributed by atoms with E-state index in [-0.39, 0.29) is 17.5 Å². The maximum atomic E-state index is 13.0. The Balaban J connectivity index is 0.000000952. The number of carbonyl (C=O) groups excluding carboxylic acids is 1. The predicted molar refractivity (Wildman–Crippen MR) is 88.9 cm³/mol. The molecule has 0 radical (unpaired) electrons. The Kier molecular flexibility index (Phi) is 11.5. The highest BCUT2D eigenvalue weighted by Crippen LogP contribution is 2.22. The predicted octanol–water partition coefficient (Wildman–Crippen LogP) is 5.34. The number of alkyl halides is 3. The Bertz CT molecular complexity index is 483. The quantitative estimate of drug-likeness (QED) is 0.547. The van der Waals surface area contributed by atoms with Gasteiger partial charge in [-0.1, -0.05) is 26.0 Å². The van der Waals surface area contributed by atoms with Crippen LogP contribution in [0, 0.1) is 4.91 Å². The van der Waals surface area contributed by atoms with Crippen molar-refractivity contribution in [3.63, 3.8) is 0 Å². The van der Waals surface area contributed by atoms with Crippen molar-refractivity contribution in [1.29, 1.82) is 0 Å². The molecule has 1 aromatic carbocycles. The third-order valence-electron chi connectivity index (χ3n) is 3.59. The molecule has 1 amide bonds. The molecule has 0 aromatic heterocycles. The zero-order valence-corrected chi connectivity index (χ0v) is 14.3. The molecule has 1 aliphatic heterocycles. The van der Waals surface area contributed by atoms with Gasteiger partial charge in [-0.3, -0.25) is 4.79 Å². The standard InChI is InChI=1S/C14H17FN2O2.C2H6.CH2F2/c1-10-4-2-3-9-17(10)14(18)12-7-5-11(6-8-12)13(15)16-19;1-2;2-1-3/h5-8,10,13H,2-4,9H2,1H3;1-2H3;1H2.